The Balaban J connectivity index is 1.39. The monoisotopic (exact) mass is 427 g/mol. The second-order valence-corrected chi connectivity index (χ2v) is 9.77. The van der Waals surface area contributed by atoms with Gasteiger partial charge in [0.2, 0.25) is 0 Å². The van der Waals surface area contributed by atoms with Gasteiger partial charge in [0.1, 0.15) is 0 Å². The van der Waals surface area contributed by atoms with Crippen LogP contribution in [0.3, 0.4) is 0 Å². The van der Waals surface area contributed by atoms with Gasteiger partial charge in [0.05, 0.1) is 5.02 Å². The minimum Gasteiger partial charge on any atom is -0.316 e. The molecule has 154 valence electrons. The van der Waals surface area contributed by atoms with Crippen LogP contribution in [0.5, 0.6) is 0 Å². The second-order valence-electron chi connectivity index (χ2n) is 8.38. The normalized spacial score (nSPS) is 17.6. The van der Waals surface area contributed by atoms with Crippen LogP contribution in [0.4, 0.5) is 0 Å². The Labute approximate surface area is 183 Å². The fraction of sp³-hybridized carbons (Fsp3) is 0.480. The summed E-state index contributed by atoms with van der Waals surface area (Å²) in [5.41, 5.74) is 4.93. The number of hydrogen-bond donors (Lipinski definition) is 1. The summed E-state index contributed by atoms with van der Waals surface area (Å²) in [4.78, 5) is 13.8. The lowest BCUT2D eigenvalue weighted by atomic mass is 9.85. The largest absolute Gasteiger partial charge is 0.316 e. The van der Waals surface area contributed by atoms with Gasteiger partial charge in [-0.25, -0.2) is 0 Å². The van der Waals surface area contributed by atoms with Gasteiger partial charge in [-0.05, 0) is 54.6 Å². The number of rotatable bonds is 6. The molecule has 4 heteroatoms. The van der Waals surface area contributed by atoms with Gasteiger partial charge < -0.3 is 5.32 Å². The van der Waals surface area contributed by atoms with Crippen LogP contribution in [0.1, 0.15) is 65.6 Å². The molecule has 1 saturated carbocycles. The van der Waals surface area contributed by atoms with E-state index < -0.39 is 0 Å². The molecule has 2 nitrogen and oxygen atoms in total. The van der Waals surface area contributed by atoms with Crippen LogP contribution >= 0.6 is 23.4 Å². The first-order valence-electron chi connectivity index (χ1n) is 11.0. The standard InChI is InChI=1S/C25H30ClNOS/c26-23-11-10-20-12-14-27-15-13-22(20)25(23)29-17-19-6-8-21(9-7-19)24(28)16-18-4-2-1-3-5-18/h6-11,18,27H,1-5,12-17H2. The third kappa shape index (κ3) is 5.45. The van der Waals surface area contributed by atoms with Gasteiger partial charge in [-0.3, -0.25) is 4.79 Å². The molecule has 0 radical (unpaired) electrons. The number of hydrogen-bond acceptors (Lipinski definition) is 3. The molecule has 2 aromatic carbocycles. The van der Waals surface area contributed by atoms with Crippen LogP contribution in [0, 0.1) is 5.92 Å². The molecule has 1 N–H and O–H groups in total. The molecule has 1 aliphatic heterocycles. The summed E-state index contributed by atoms with van der Waals surface area (Å²) < 4.78 is 0. The van der Waals surface area contributed by atoms with Crippen LogP contribution in [0.15, 0.2) is 41.3 Å². The number of fused-ring (bicyclic) bond motifs is 1. The van der Waals surface area contributed by atoms with E-state index in [1.165, 1.54) is 53.7 Å². The van der Waals surface area contributed by atoms with Gasteiger partial charge in [-0.2, -0.15) is 0 Å². The van der Waals surface area contributed by atoms with Crippen molar-refractivity contribution in [1.82, 2.24) is 5.32 Å². The number of thioether (sulfide) groups is 1. The zero-order chi connectivity index (χ0) is 20.1. The third-order valence-electron chi connectivity index (χ3n) is 6.29. The Morgan fingerprint density at radius 2 is 1.76 bits per heavy atom. The van der Waals surface area contributed by atoms with Gasteiger partial charge >= 0.3 is 0 Å². The Bertz CT molecular complexity index is 843. The third-order valence-corrected chi connectivity index (χ3v) is 7.95. The quantitative estimate of drug-likeness (QED) is 0.422. The van der Waals surface area contributed by atoms with E-state index in [0.29, 0.717) is 18.1 Å². The number of carbonyl (C=O) groups excluding carboxylic acids is 1. The van der Waals surface area contributed by atoms with Gasteiger partial charge in [-0.1, -0.05) is 74.0 Å². The van der Waals surface area contributed by atoms with Crippen LogP contribution in [0.2, 0.25) is 5.02 Å². The van der Waals surface area contributed by atoms with E-state index in [0.717, 1.165) is 42.3 Å². The van der Waals surface area contributed by atoms with E-state index in [1.807, 2.05) is 30.0 Å². The molecule has 1 heterocycles. The Morgan fingerprint density at radius 3 is 2.55 bits per heavy atom. The van der Waals surface area contributed by atoms with E-state index >= 15 is 0 Å². The van der Waals surface area contributed by atoms with Crippen molar-refractivity contribution < 1.29 is 4.79 Å². The summed E-state index contributed by atoms with van der Waals surface area (Å²) in [5.74, 6) is 1.78. The average molecular weight is 428 g/mol. The highest BCUT2D eigenvalue weighted by atomic mass is 35.5. The number of halogens is 1. The van der Waals surface area contributed by atoms with Gasteiger partial charge in [0, 0.05) is 22.6 Å². The highest BCUT2D eigenvalue weighted by molar-refractivity contribution is 7.98. The lowest BCUT2D eigenvalue weighted by Crippen LogP contribution is -2.16. The smallest absolute Gasteiger partial charge is 0.163 e. The predicted molar refractivity (Wildman–Crippen MR) is 123 cm³/mol. The van der Waals surface area contributed by atoms with Gasteiger partial charge in [0.25, 0.3) is 0 Å². The number of Topliss-reactive ketones (excluding diaryl/α,β-unsaturated/α-hetero) is 1. The molecule has 0 spiro atoms. The fourth-order valence-corrected chi connectivity index (χ4v) is 6.04. The minimum absolute atomic E-state index is 0.306. The lowest BCUT2D eigenvalue weighted by Gasteiger charge is -2.20. The molecule has 0 bridgehead atoms. The molecule has 0 amide bonds. The summed E-state index contributed by atoms with van der Waals surface area (Å²) in [6, 6.07) is 12.5. The maximum Gasteiger partial charge on any atom is 0.163 e. The van der Waals surface area contributed by atoms with Crippen LogP contribution in [-0.4, -0.2) is 18.9 Å². The van der Waals surface area contributed by atoms with Crippen molar-refractivity contribution in [3.8, 4) is 0 Å². The summed E-state index contributed by atoms with van der Waals surface area (Å²) in [6.45, 7) is 2.05. The first-order chi connectivity index (χ1) is 14.2. The Morgan fingerprint density at radius 1 is 1.00 bits per heavy atom. The van der Waals surface area contributed by atoms with E-state index in [-0.39, 0.29) is 0 Å². The molecule has 0 saturated heterocycles. The zero-order valence-electron chi connectivity index (χ0n) is 17.0. The number of carbonyl (C=O) groups is 1. The molecule has 0 atom stereocenters. The van der Waals surface area contributed by atoms with Crippen molar-refractivity contribution in [2.45, 2.75) is 62.0 Å². The predicted octanol–water partition coefficient (Wildman–Crippen LogP) is 6.47. The van der Waals surface area contributed by atoms with Crippen LogP contribution < -0.4 is 5.32 Å². The molecule has 1 aliphatic carbocycles. The zero-order valence-corrected chi connectivity index (χ0v) is 18.6. The van der Waals surface area contributed by atoms with Crippen molar-refractivity contribution in [3.63, 3.8) is 0 Å². The minimum atomic E-state index is 0.306. The van der Waals surface area contributed by atoms with E-state index in [9.17, 15) is 4.79 Å². The first-order valence-corrected chi connectivity index (χ1v) is 12.3. The number of ketones is 1. The molecular formula is C25H30ClNOS. The van der Waals surface area contributed by atoms with Crippen molar-refractivity contribution in [3.05, 3.63) is 63.7 Å². The highest BCUT2D eigenvalue weighted by Gasteiger charge is 2.18. The van der Waals surface area contributed by atoms with Crippen LogP contribution in [0.25, 0.3) is 0 Å². The average Bonchev–Trinajstić information content (AvgIpc) is 3.00. The number of nitrogens with one attached hydrogen (secondary N) is 1. The second kappa shape index (κ2) is 10.1. The lowest BCUT2D eigenvalue weighted by molar-refractivity contribution is 0.0950. The summed E-state index contributed by atoms with van der Waals surface area (Å²) >= 11 is 8.38. The van der Waals surface area contributed by atoms with E-state index in [1.54, 1.807) is 0 Å². The van der Waals surface area contributed by atoms with Gasteiger partial charge in [-0.15, -0.1) is 11.8 Å². The molecule has 29 heavy (non-hydrogen) atoms. The van der Waals surface area contributed by atoms with E-state index in [4.69, 9.17) is 11.6 Å². The summed E-state index contributed by atoms with van der Waals surface area (Å²) in [7, 11) is 0. The molecule has 0 unspecified atom stereocenters. The van der Waals surface area contributed by atoms with Crippen molar-refractivity contribution >= 4 is 29.1 Å². The summed E-state index contributed by atoms with van der Waals surface area (Å²) in [6.07, 6.45) is 9.17. The number of benzene rings is 2. The molecule has 0 aromatic heterocycles. The maximum absolute atomic E-state index is 12.6. The highest BCUT2D eigenvalue weighted by Crippen LogP contribution is 2.36. The van der Waals surface area contributed by atoms with Crippen molar-refractivity contribution in [2.75, 3.05) is 13.1 Å². The molecular weight excluding hydrogens is 398 g/mol. The van der Waals surface area contributed by atoms with Crippen LogP contribution in [-0.2, 0) is 18.6 Å². The molecule has 2 aromatic rings. The first kappa shape index (κ1) is 21.0. The van der Waals surface area contributed by atoms with E-state index in [2.05, 4.69) is 23.5 Å². The van der Waals surface area contributed by atoms with Gasteiger partial charge in [0.15, 0.2) is 5.78 Å². The fourth-order valence-electron chi connectivity index (χ4n) is 4.58. The topological polar surface area (TPSA) is 29.1 Å². The van der Waals surface area contributed by atoms with Crippen molar-refractivity contribution in [1.29, 1.82) is 0 Å². The Kier molecular flexibility index (Phi) is 7.34. The molecule has 2 aliphatic rings. The molecule has 1 fully saturated rings. The Hall–Kier alpha value is -1.29. The summed E-state index contributed by atoms with van der Waals surface area (Å²) in [5, 5.41) is 4.33. The van der Waals surface area contributed by atoms with Crippen molar-refractivity contribution in [2.24, 2.45) is 5.92 Å². The SMILES string of the molecule is O=C(CC1CCCCC1)c1ccc(CSc2c(Cl)ccc3c2CCNCC3)cc1. The molecule has 4 rings (SSSR count). The maximum atomic E-state index is 12.6.